The first-order chi connectivity index (χ1) is 14.5. The van der Waals surface area contributed by atoms with Crippen molar-refractivity contribution < 1.29 is 19.8 Å². The lowest BCUT2D eigenvalue weighted by Gasteiger charge is -2.20. The van der Waals surface area contributed by atoms with Gasteiger partial charge in [-0.15, -0.1) is 0 Å². The van der Waals surface area contributed by atoms with Crippen molar-refractivity contribution in [1.82, 2.24) is 14.9 Å². The number of H-pyrrole nitrogens is 1. The number of carbonyl (C=O) groups is 2. The van der Waals surface area contributed by atoms with Crippen molar-refractivity contribution in [2.45, 2.75) is 30.9 Å². The molecule has 2 aliphatic rings. The van der Waals surface area contributed by atoms with E-state index >= 15 is 0 Å². The van der Waals surface area contributed by atoms with Crippen LogP contribution in [0, 0.1) is 0 Å². The largest absolute Gasteiger partial charge is 0.508 e. The molecule has 4 N–H and O–H groups in total. The minimum Gasteiger partial charge on any atom is -0.508 e. The number of carbonyl (C=O) groups excluding carboxylic acids is 2. The second-order valence-corrected chi connectivity index (χ2v) is 8.11. The molecule has 2 aromatic carbocycles. The maximum atomic E-state index is 12.9. The van der Waals surface area contributed by atoms with Crippen molar-refractivity contribution in [3.63, 3.8) is 0 Å². The molecule has 0 radical (unpaired) electrons. The quantitative estimate of drug-likeness (QED) is 0.388. The summed E-state index contributed by atoms with van der Waals surface area (Å²) in [4.78, 5) is 28.9. The average Bonchev–Trinajstić information content (AvgIpc) is 3.38. The molecule has 2 aliphatic heterocycles. The Bertz CT molecular complexity index is 1370. The SMILES string of the molecule is O=C1NC(=O)C(c2cn3c4c(cccc24)C(O)CC3)C1c1c[nH]c2cc(O)ccc12. The second-order valence-electron chi connectivity index (χ2n) is 8.11. The highest BCUT2D eigenvalue weighted by atomic mass is 16.3. The van der Waals surface area contributed by atoms with Gasteiger partial charge in [0.05, 0.1) is 23.5 Å². The summed E-state index contributed by atoms with van der Waals surface area (Å²) in [5.41, 5.74) is 4.02. The molecule has 6 rings (SSSR count). The van der Waals surface area contributed by atoms with E-state index in [4.69, 9.17) is 0 Å². The van der Waals surface area contributed by atoms with E-state index in [2.05, 4.69) is 14.9 Å². The number of benzene rings is 2. The predicted octanol–water partition coefficient (Wildman–Crippen LogP) is 2.79. The number of aliphatic hydroxyl groups excluding tert-OH is 1. The Morgan fingerprint density at radius 2 is 1.77 bits per heavy atom. The van der Waals surface area contributed by atoms with Gasteiger partial charge in [-0.05, 0) is 29.7 Å². The number of rotatable bonds is 2. The lowest BCUT2D eigenvalue weighted by Crippen LogP contribution is -2.21. The lowest BCUT2D eigenvalue weighted by atomic mass is 9.82. The highest BCUT2D eigenvalue weighted by Crippen LogP contribution is 2.45. The van der Waals surface area contributed by atoms with Crippen LogP contribution < -0.4 is 5.32 Å². The Balaban J connectivity index is 1.57. The monoisotopic (exact) mass is 401 g/mol. The Kier molecular flexibility index (Phi) is 3.44. The summed E-state index contributed by atoms with van der Waals surface area (Å²) < 4.78 is 2.08. The van der Waals surface area contributed by atoms with Crippen LogP contribution in [0.15, 0.2) is 48.8 Å². The first-order valence-electron chi connectivity index (χ1n) is 9.97. The van der Waals surface area contributed by atoms with Gasteiger partial charge in [-0.3, -0.25) is 14.9 Å². The molecule has 7 heteroatoms. The number of nitrogens with zero attached hydrogens (tertiary/aromatic N) is 1. The fourth-order valence-electron chi connectivity index (χ4n) is 5.14. The van der Waals surface area contributed by atoms with Gasteiger partial charge in [0, 0.05) is 46.9 Å². The molecular weight excluding hydrogens is 382 g/mol. The number of aliphatic hydroxyl groups is 1. The molecule has 150 valence electrons. The van der Waals surface area contributed by atoms with Crippen LogP contribution in [0.1, 0.15) is 41.1 Å². The number of aromatic nitrogens is 2. The number of aromatic hydroxyl groups is 1. The zero-order chi connectivity index (χ0) is 20.6. The zero-order valence-electron chi connectivity index (χ0n) is 15.9. The number of imide groups is 1. The zero-order valence-corrected chi connectivity index (χ0v) is 15.9. The van der Waals surface area contributed by atoms with Gasteiger partial charge < -0.3 is 19.8 Å². The molecule has 0 aliphatic carbocycles. The normalized spacial score (nSPS) is 23.4. The van der Waals surface area contributed by atoms with Crippen LogP contribution in [0.25, 0.3) is 21.8 Å². The van der Waals surface area contributed by atoms with Gasteiger partial charge in [0.2, 0.25) is 11.8 Å². The topological polar surface area (TPSA) is 107 Å². The number of hydrogen-bond acceptors (Lipinski definition) is 4. The molecule has 4 aromatic rings. The van der Waals surface area contributed by atoms with E-state index in [0.29, 0.717) is 18.5 Å². The van der Waals surface area contributed by atoms with E-state index < -0.39 is 17.9 Å². The van der Waals surface area contributed by atoms with E-state index in [1.165, 1.54) is 0 Å². The van der Waals surface area contributed by atoms with Gasteiger partial charge in [-0.1, -0.05) is 18.2 Å². The van der Waals surface area contributed by atoms with Crippen molar-refractivity contribution in [2.24, 2.45) is 0 Å². The average molecular weight is 401 g/mol. The standard InChI is InChI=1S/C23H19N3O4/c27-11-4-5-12-15(9-24-17(12)8-11)19-20(23(30)25-22(19)29)16-10-26-7-6-18(28)14-3-1-2-13(16)21(14)26/h1-5,8-10,18-20,24,27-28H,6-7H2,(H,25,29,30). The first-order valence-corrected chi connectivity index (χ1v) is 9.97. The van der Waals surface area contributed by atoms with E-state index in [9.17, 15) is 19.8 Å². The summed E-state index contributed by atoms with van der Waals surface area (Å²) in [6.45, 7) is 0.661. The van der Waals surface area contributed by atoms with Gasteiger partial charge in [-0.25, -0.2) is 0 Å². The third-order valence-electron chi connectivity index (χ3n) is 6.47. The molecule has 0 bridgehead atoms. The summed E-state index contributed by atoms with van der Waals surface area (Å²) in [6.07, 6.45) is 3.79. The van der Waals surface area contributed by atoms with Crippen LogP contribution in [-0.2, 0) is 16.1 Å². The molecule has 7 nitrogen and oxygen atoms in total. The number of aromatic amines is 1. The van der Waals surface area contributed by atoms with Crippen LogP contribution in [0.2, 0.25) is 0 Å². The maximum Gasteiger partial charge on any atom is 0.235 e. The molecule has 1 fully saturated rings. The molecule has 3 atom stereocenters. The van der Waals surface area contributed by atoms with Crippen molar-refractivity contribution in [3.8, 4) is 5.75 Å². The molecule has 0 saturated carbocycles. The third-order valence-corrected chi connectivity index (χ3v) is 6.47. The molecule has 0 spiro atoms. The molecule has 1 saturated heterocycles. The van der Waals surface area contributed by atoms with Crippen LogP contribution in [-0.4, -0.2) is 31.6 Å². The number of amides is 2. The van der Waals surface area contributed by atoms with Crippen molar-refractivity contribution >= 4 is 33.6 Å². The smallest absolute Gasteiger partial charge is 0.235 e. The van der Waals surface area contributed by atoms with Crippen molar-refractivity contribution in [1.29, 1.82) is 0 Å². The third kappa shape index (κ3) is 2.23. The maximum absolute atomic E-state index is 12.9. The Morgan fingerprint density at radius 1 is 0.967 bits per heavy atom. The minimum atomic E-state index is -0.677. The van der Waals surface area contributed by atoms with E-state index in [-0.39, 0.29) is 17.6 Å². The highest BCUT2D eigenvalue weighted by molar-refractivity contribution is 6.13. The van der Waals surface area contributed by atoms with Gasteiger partial charge in [-0.2, -0.15) is 0 Å². The van der Waals surface area contributed by atoms with Gasteiger partial charge >= 0.3 is 0 Å². The molecule has 4 heterocycles. The number of phenolic OH excluding ortho intramolecular Hbond substituents is 1. The number of nitrogens with one attached hydrogen (secondary N) is 2. The first kappa shape index (κ1) is 17.3. The Morgan fingerprint density at radius 3 is 2.60 bits per heavy atom. The predicted molar refractivity (Wildman–Crippen MR) is 110 cm³/mol. The van der Waals surface area contributed by atoms with Crippen molar-refractivity contribution in [2.75, 3.05) is 0 Å². The molecule has 3 unspecified atom stereocenters. The Labute approximate surface area is 170 Å². The fourth-order valence-corrected chi connectivity index (χ4v) is 5.14. The summed E-state index contributed by atoms with van der Waals surface area (Å²) >= 11 is 0. The summed E-state index contributed by atoms with van der Waals surface area (Å²) in [7, 11) is 0. The number of aryl methyl sites for hydroxylation is 1. The van der Waals surface area contributed by atoms with E-state index in [0.717, 1.165) is 33.0 Å². The Hall–Kier alpha value is -3.58. The molecule has 2 aromatic heterocycles. The number of hydrogen-bond donors (Lipinski definition) is 4. The van der Waals surface area contributed by atoms with Crippen LogP contribution in [0.5, 0.6) is 5.75 Å². The number of fused-ring (bicyclic) bond motifs is 1. The van der Waals surface area contributed by atoms with E-state index in [1.807, 2.05) is 24.4 Å². The van der Waals surface area contributed by atoms with Crippen LogP contribution in [0.3, 0.4) is 0 Å². The van der Waals surface area contributed by atoms with Gasteiger partial charge in [0.1, 0.15) is 5.75 Å². The highest BCUT2D eigenvalue weighted by Gasteiger charge is 2.46. The lowest BCUT2D eigenvalue weighted by molar-refractivity contribution is -0.125. The van der Waals surface area contributed by atoms with E-state index in [1.54, 1.807) is 24.4 Å². The van der Waals surface area contributed by atoms with Crippen molar-refractivity contribution in [3.05, 3.63) is 65.5 Å². The van der Waals surface area contributed by atoms with Crippen LogP contribution >= 0.6 is 0 Å². The summed E-state index contributed by atoms with van der Waals surface area (Å²) in [6, 6.07) is 10.7. The summed E-state index contributed by atoms with van der Waals surface area (Å²) in [5.74, 6) is -1.86. The van der Waals surface area contributed by atoms with Gasteiger partial charge in [0.15, 0.2) is 0 Å². The molecule has 30 heavy (non-hydrogen) atoms. The summed E-state index contributed by atoms with van der Waals surface area (Å²) in [5, 5.41) is 24.4. The number of para-hydroxylation sites is 1. The van der Waals surface area contributed by atoms with Gasteiger partial charge in [0.25, 0.3) is 0 Å². The number of phenols is 1. The molecular formula is C23H19N3O4. The second kappa shape index (κ2) is 5.96. The van der Waals surface area contributed by atoms with Crippen LogP contribution in [0.4, 0.5) is 0 Å². The fraction of sp³-hybridized carbons (Fsp3) is 0.217. The minimum absolute atomic E-state index is 0.131. The molecule has 2 amide bonds.